The minimum absolute atomic E-state index is 0.0266. The zero-order chi connectivity index (χ0) is 17.6. The molecule has 0 aromatic heterocycles. The number of hydrogen-bond acceptors (Lipinski definition) is 3. The van der Waals surface area contributed by atoms with Crippen LogP contribution >= 0.6 is 0 Å². The summed E-state index contributed by atoms with van der Waals surface area (Å²) in [6.45, 7) is 2.64. The minimum Gasteiger partial charge on any atom is -0.478 e. The second-order valence-corrected chi connectivity index (χ2v) is 6.33. The van der Waals surface area contributed by atoms with Crippen molar-refractivity contribution in [1.29, 1.82) is 0 Å². The lowest BCUT2D eigenvalue weighted by Gasteiger charge is -2.28. The third kappa shape index (κ3) is 4.65. The number of aromatic carboxylic acids is 1. The smallest absolute Gasteiger partial charge is 0.335 e. The predicted molar refractivity (Wildman–Crippen MR) is 93.1 cm³/mol. The summed E-state index contributed by atoms with van der Waals surface area (Å²) in [6.07, 6.45) is 1.82. The first-order chi connectivity index (χ1) is 12.1. The number of rotatable bonds is 7. The average Bonchev–Trinajstić information content (AvgIpc) is 3.15. The van der Waals surface area contributed by atoms with Gasteiger partial charge in [-0.15, -0.1) is 0 Å². The van der Waals surface area contributed by atoms with Crippen LogP contribution in [0.2, 0.25) is 0 Å². The topological polar surface area (TPSA) is 49.8 Å². The number of nitrogens with zero attached hydrogens (tertiary/aromatic N) is 1. The molecule has 4 nitrogen and oxygen atoms in total. The van der Waals surface area contributed by atoms with E-state index < -0.39 is 11.8 Å². The van der Waals surface area contributed by atoms with E-state index in [-0.39, 0.29) is 11.6 Å². The molecule has 1 atom stereocenters. The zero-order valence-electron chi connectivity index (χ0n) is 14.0. The van der Waals surface area contributed by atoms with Gasteiger partial charge in [-0.3, -0.25) is 4.90 Å². The number of carboxylic acids is 1. The van der Waals surface area contributed by atoms with Crippen molar-refractivity contribution >= 4 is 5.97 Å². The average molecular weight is 343 g/mol. The van der Waals surface area contributed by atoms with Crippen LogP contribution in [0.3, 0.4) is 0 Å². The van der Waals surface area contributed by atoms with Crippen molar-refractivity contribution in [2.75, 3.05) is 19.8 Å². The van der Waals surface area contributed by atoms with Gasteiger partial charge in [0, 0.05) is 31.3 Å². The molecule has 0 aliphatic carbocycles. The monoisotopic (exact) mass is 343 g/mol. The van der Waals surface area contributed by atoms with Crippen LogP contribution in [-0.4, -0.2) is 41.8 Å². The van der Waals surface area contributed by atoms with Crippen LogP contribution in [0.15, 0.2) is 48.5 Å². The molecule has 3 rings (SSSR count). The molecule has 1 unspecified atom stereocenters. The summed E-state index contributed by atoms with van der Waals surface area (Å²) in [6, 6.07) is 14.6. The molecular formula is C20H22FNO3. The number of benzene rings is 2. The Morgan fingerprint density at radius 2 is 2.04 bits per heavy atom. The van der Waals surface area contributed by atoms with Gasteiger partial charge in [0.15, 0.2) is 0 Å². The molecule has 1 fully saturated rings. The molecule has 2 aromatic carbocycles. The van der Waals surface area contributed by atoms with Gasteiger partial charge in [0.05, 0.1) is 12.2 Å². The van der Waals surface area contributed by atoms with Crippen molar-refractivity contribution in [3.63, 3.8) is 0 Å². The van der Waals surface area contributed by atoms with Gasteiger partial charge in [-0.1, -0.05) is 36.4 Å². The van der Waals surface area contributed by atoms with Gasteiger partial charge in [0.1, 0.15) is 5.82 Å². The first-order valence-electron chi connectivity index (χ1n) is 8.51. The van der Waals surface area contributed by atoms with E-state index in [1.54, 1.807) is 6.07 Å². The fraction of sp³-hybridized carbons (Fsp3) is 0.350. The van der Waals surface area contributed by atoms with Crippen LogP contribution in [0.25, 0.3) is 0 Å². The highest BCUT2D eigenvalue weighted by Crippen LogP contribution is 2.19. The van der Waals surface area contributed by atoms with Gasteiger partial charge < -0.3 is 9.84 Å². The summed E-state index contributed by atoms with van der Waals surface area (Å²) in [7, 11) is 0. The van der Waals surface area contributed by atoms with E-state index in [2.05, 4.69) is 17.0 Å². The van der Waals surface area contributed by atoms with Gasteiger partial charge in [0.2, 0.25) is 0 Å². The Hall–Kier alpha value is -2.24. The van der Waals surface area contributed by atoms with E-state index in [4.69, 9.17) is 9.84 Å². The van der Waals surface area contributed by atoms with Crippen LogP contribution in [0.4, 0.5) is 4.39 Å². The number of halogens is 1. The number of hydrogen-bond donors (Lipinski definition) is 1. The van der Waals surface area contributed by atoms with E-state index in [0.29, 0.717) is 18.7 Å². The lowest BCUT2D eigenvalue weighted by atomic mass is 10.1. The molecule has 5 heteroatoms. The Balaban J connectivity index is 1.72. The quantitative estimate of drug-likeness (QED) is 0.837. The Morgan fingerprint density at radius 3 is 2.68 bits per heavy atom. The van der Waals surface area contributed by atoms with Crippen molar-refractivity contribution in [2.24, 2.45) is 0 Å². The van der Waals surface area contributed by atoms with E-state index in [0.717, 1.165) is 32.1 Å². The van der Waals surface area contributed by atoms with Crippen molar-refractivity contribution in [2.45, 2.75) is 25.4 Å². The molecule has 1 heterocycles. The lowest BCUT2D eigenvalue weighted by Crippen LogP contribution is -2.37. The van der Waals surface area contributed by atoms with Gasteiger partial charge in [0.25, 0.3) is 0 Å². The molecule has 1 saturated heterocycles. The molecule has 1 aliphatic heterocycles. The molecular weight excluding hydrogens is 321 g/mol. The molecule has 1 N–H and O–H groups in total. The Morgan fingerprint density at radius 1 is 1.24 bits per heavy atom. The molecule has 0 spiro atoms. The van der Waals surface area contributed by atoms with Crippen LogP contribution in [0, 0.1) is 5.82 Å². The van der Waals surface area contributed by atoms with E-state index in [1.807, 2.05) is 18.2 Å². The maximum atomic E-state index is 14.3. The summed E-state index contributed by atoms with van der Waals surface area (Å²) in [5.41, 5.74) is 1.74. The molecule has 0 saturated carbocycles. The molecule has 1 aliphatic rings. The molecule has 2 aromatic rings. The zero-order valence-corrected chi connectivity index (χ0v) is 14.0. The molecule has 0 amide bonds. The van der Waals surface area contributed by atoms with Crippen molar-refractivity contribution in [3.05, 3.63) is 71.0 Å². The Labute approximate surface area is 146 Å². The normalized spacial score (nSPS) is 17.1. The highest BCUT2D eigenvalue weighted by Gasteiger charge is 2.24. The van der Waals surface area contributed by atoms with Gasteiger partial charge in [-0.2, -0.15) is 0 Å². The fourth-order valence-corrected chi connectivity index (χ4v) is 3.15. The van der Waals surface area contributed by atoms with Crippen LogP contribution in [0.5, 0.6) is 0 Å². The van der Waals surface area contributed by atoms with Crippen LogP contribution in [0.1, 0.15) is 27.9 Å². The van der Waals surface area contributed by atoms with Crippen LogP contribution in [-0.2, 0) is 17.7 Å². The minimum atomic E-state index is -1.12. The van der Waals surface area contributed by atoms with E-state index >= 15 is 0 Å². The highest BCUT2D eigenvalue weighted by atomic mass is 19.1. The summed E-state index contributed by atoms with van der Waals surface area (Å²) < 4.78 is 19.8. The second kappa shape index (κ2) is 8.23. The van der Waals surface area contributed by atoms with Crippen molar-refractivity contribution < 1.29 is 19.0 Å². The summed E-state index contributed by atoms with van der Waals surface area (Å²) in [5, 5.41) is 8.97. The molecule has 0 radical (unpaired) electrons. The third-order valence-corrected chi connectivity index (χ3v) is 4.63. The molecule has 0 bridgehead atoms. The van der Waals surface area contributed by atoms with Gasteiger partial charge >= 0.3 is 5.97 Å². The first-order valence-corrected chi connectivity index (χ1v) is 8.51. The van der Waals surface area contributed by atoms with Crippen molar-refractivity contribution in [1.82, 2.24) is 4.90 Å². The second-order valence-electron chi connectivity index (χ2n) is 6.33. The van der Waals surface area contributed by atoms with Gasteiger partial charge in [-0.05, 0) is 30.5 Å². The Bertz CT molecular complexity index is 714. The largest absolute Gasteiger partial charge is 0.478 e. The van der Waals surface area contributed by atoms with Crippen LogP contribution < -0.4 is 0 Å². The fourth-order valence-electron chi connectivity index (χ4n) is 3.15. The van der Waals surface area contributed by atoms with Gasteiger partial charge in [-0.25, -0.2) is 9.18 Å². The SMILES string of the molecule is O=C(O)c1ccc(CN(CCc2ccccc2)C2CCOC2)c(F)c1. The summed E-state index contributed by atoms with van der Waals surface area (Å²) in [4.78, 5) is 13.2. The lowest BCUT2D eigenvalue weighted by molar-refractivity contribution is 0.0696. The maximum Gasteiger partial charge on any atom is 0.335 e. The van der Waals surface area contributed by atoms with Crippen molar-refractivity contribution in [3.8, 4) is 0 Å². The van der Waals surface area contributed by atoms with E-state index in [1.165, 1.54) is 11.6 Å². The maximum absolute atomic E-state index is 14.3. The summed E-state index contributed by atoms with van der Waals surface area (Å²) in [5.74, 6) is -1.58. The molecule has 25 heavy (non-hydrogen) atoms. The Kier molecular flexibility index (Phi) is 5.79. The number of carboxylic acid groups (broad SMARTS) is 1. The summed E-state index contributed by atoms with van der Waals surface area (Å²) >= 11 is 0. The standard InChI is InChI=1S/C20H22FNO3/c21-19-12-16(20(23)24)6-7-17(19)13-22(18-9-11-25-14-18)10-8-15-4-2-1-3-5-15/h1-7,12,18H,8-11,13-14H2,(H,23,24). The predicted octanol–water partition coefficient (Wildman–Crippen LogP) is 3.36. The first kappa shape index (κ1) is 17.6. The highest BCUT2D eigenvalue weighted by molar-refractivity contribution is 5.87. The van der Waals surface area contributed by atoms with E-state index in [9.17, 15) is 9.18 Å². The number of ether oxygens (including phenoxy) is 1. The third-order valence-electron chi connectivity index (χ3n) is 4.63. The number of carbonyl (C=O) groups is 1. The molecule has 132 valence electrons.